The summed E-state index contributed by atoms with van der Waals surface area (Å²) in [6.07, 6.45) is 6.37. The molecule has 0 fully saturated rings. The highest BCUT2D eigenvalue weighted by Crippen LogP contribution is 2.25. The number of nitrogens with zero attached hydrogens (tertiary/aromatic N) is 1. The molecule has 2 aromatic heterocycles. The molecule has 2 heterocycles. The smallest absolute Gasteiger partial charge is 0.224 e. The molecule has 0 bridgehead atoms. The molecule has 142 valence electrons. The zero-order chi connectivity index (χ0) is 19.3. The number of anilines is 1. The van der Waals surface area contributed by atoms with Crippen molar-refractivity contribution in [3.8, 4) is 0 Å². The number of rotatable bonds is 7. The van der Waals surface area contributed by atoms with Crippen molar-refractivity contribution >= 4 is 33.4 Å². The van der Waals surface area contributed by atoms with E-state index in [1.807, 2.05) is 30.5 Å². The maximum absolute atomic E-state index is 12.3. The second-order valence-electron chi connectivity index (χ2n) is 7.24. The molecule has 4 heteroatoms. The molecule has 0 unspecified atom stereocenters. The maximum atomic E-state index is 12.3. The molecule has 4 aromatic rings. The third-order valence-corrected chi connectivity index (χ3v) is 5.11. The molecule has 0 atom stereocenters. The van der Waals surface area contributed by atoms with Crippen LogP contribution in [0.2, 0.25) is 0 Å². The highest BCUT2D eigenvalue weighted by atomic mass is 16.1. The van der Waals surface area contributed by atoms with Crippen LogP contribution in [0.4, 0.5) is 5.69 Å². The zero-order valence-corrected chi connectivity index (χ0v) is 16.2. The van der Waals surface area contributed by atoms with Crippen LogP contribution in [0.15, 0.2) is 60.8 Å². The number of aryl methyl sites for hydroxylation is 2. The number of para-hydroxylation sites is 1. The Morgan fingerprint density at radius 1 is 1.00 bits per heavy atom. The minimum atomic E-state index is 0.0159. The number of unbranched alkanes of at least 4 members (excludes halogenated alkanes) is 1. The Morgan fingerprint density at radius 3 is 2.64 bits per heavy atom. The second-order valence-corrected chi connectivity index (χ2v) is 7.24. The molecule has 2 aromatic carbocycles. The Kier molecular flexibility index (Phi) is 5.38. The number of nitrogens with one attached hydrogen (secondary N) is 2. The van der Waals surface area contributed by atoms with Crippen molar-refractivity contribution in [2.75, 3.05) is 5.32 Å². The van der Waals surface area contributed by atoms with E-state index in [4.69, 9.17) is 0 Å². The van der Waals surface area contributed by atoms with E-state index >= 15 is 0 Å². The maximum Gasteiger partial charge on any atom is 0.224 e. The number of amides is 1. The lowest BCUT2D eigenvalue weighted by atomic mass is 10.1. The van der Waals surface area contributed by atoms with E-state index in [9.17, 15) is 4.79 Å². The normalized spacial score (nSPS) is 11.2. The number of pyridine rings is 1. The van der Waals surface area contributed by atoms with Gasteiger partial charge in [0.1, 0.15) is 0 Å². The van der Waals surface area contributed by atoms with Crippen molar-refractivity contribution in [3.63, 3.8) is 0 Å². The third kappa shape index (κ3) is 4.06. The number of H-pyrrole nitrogens is 1. The average molecular weight is 371 g/mol. The number of hydrogen-bond acceptors (Lipinski definition) is 2. The SMILES string of the molecule is CCCCc1ccc(NC(=O)CCc2cc3c(cn2)[nH]c2ccccc23)cc1. The van der Waals surface area contributed by atoms with Crippen LogP contribution in [0.5, 0.6) is 0 Å². The fourth-order valence-electron chi connectivity index (χ4n) is 3.53. The Labute approximate surface area is 165 Å². The van der Waals surface area contributed by atoms with Crippen molar-refractivity contribution < 1.29 is 4.79 Å². The number of benzene rings is 2. The summed E-state index contributed by atoms with van der Waals surface area (Å²) >= 11 is 0. The van der Waals surface area contributed by atoms with Crippen molar-refractivity contribution in [2.24, 2.45) is 0 Å². The first kappa shape index (κ1) is 18.2. The third-order valence-electron chi connectivity index (χ3n) is 5.11. The van der Waals surface area contributed by atoms with Gasteiger partial charge in [-0.3, -0.25) is 9.78 Å². The highest BCUT2D eigenvalue weighted by molar-refractivity contribution is 6.07. The van der Waals surface area contributed by atoms with Gasteiger partial charge in [-0.05, 0) is 49.1 Å². The standard InChI is InChI=1S/C24H25N3O/c1-2-3-6-17-9-11-18(12-10-17)26-24(28)14-13-19-15-21-20-7-4-5-8-22(20)27-23(21)16-25-19/h4-5,7-12,15-16,27H,2-3,6,13-14H2,1H3,(H,26,28). The molecule has 4 nitrogen and oxygen atoms in total. The molecule has 28 heavy (non-hydrogen) atoms. The molecule has 0 saturated carbocycles. The number of hydrogen-bond donors (Lipinski definition) is 2. The number of carbonyl (C=O) groups excluding carboxylic acids is 1. The van der Waals surface area contributed by atoms with E-state index in [0.29, 0.717) is 12.8 Å². The molecule has 4 rings (SSSR count). The Balaban J connectivity index is 1.38. The Bertz CT molecular complexity index is 1100. The molecular weight excluding hydrogens is 346 g/mol. The molecule has 2 N–H and O–H groups in total. The monoisotopic (exact) mass is 371 g/mol. The van der Waals surface area contributed by atoms with Crippen LogP contribution in [0.3, 0.4) is 0 Å². The minimum absolute atomic E-state index is 0.0159. The van der Waals surface area contributed by atoms with Crippen molar-refractivity contribution in [1.82, 2.24) is 9.97 Å². The van der Waals surface area contributed by atoms with Crippen LogP contribution in [-0.4, -0.2) is 15.9 Å². The average Bonchev–Trinajstić information content (AvgIpc) is 3.10. The Hall–Kier alpha value is -3.14. The number of aromatic amines is 1. The van der Waals surface area contributed by atoms with Gasteiger partial charge >= 0.3 is 0 Å². The highest BCUT2D eigenvalue weighted by Gasteiger charge is 2.08. The van der Waals surface area contributed by atoms with Gasteiger partial charge in [-0.1, -0.05) is 43.7 Å². The summed E-state index contributed by atoms with van der Waals surface area (Å²) in [5, 5.41) is 5.33. The van der Waals surface area contributed by atoms with Crippen molar-refractivity contribution in [3.05, 3.63) is 72.1 Å². The van der Waals surface area contributed by atoms with E-state index < -0.39 is 0 Å². The summed E-state index contributed by atoms with van der Waals surface area (Å²) in [5.74, 6) is 0.0159. The summed E-state index contributed by atoms with van der Waals surface area (Å²) in [6, 6.07) is 18.5. The van der Waals surface area contributed by atoms with E-state index in [0.717, 1.165) is 34.2 Å². The van der Waals surface area contributed by atoms with Crippen LogP contribution in [0, 0.1) is 0 Å². The Morgan fingerprint density at radius 2 is 1.82 bits per heavy atom. The van der Waals surface area contributed by atoms with E-state index in [1.165, 1.54) is 23.8 Å². The molecule has 0 aliphatic carbocycles. The first-order valence-electron chi connectivity index (χ1n) is 9.97. The van der Waals surface area contributed by atoms with Gasteiger partial charge in [-0.25, -0.2) is 0 Å². The van der Waals surface area contributed by atoms with E-state index in [2.05, 4.69) is 52.5 Å². The second kappa shape index (κ2) is 8.26. The predicted molar refractivity (Wildman–Crippen MR) is 116 cm³/mol. The molecule has 0 aliphatic rings. The largest absolute Gasteiger partial charge is 0.353 e. The number of carbonyl (C=O) groups is 1. The molecule has 0 saturated heterocycles. The molecule has 0 aliphatic heterocycles. The first-order valence-corrected chi connectivity index (χ1v) is 9.97. The van der Waals surface area contributed by atoms with Gasteiger partial charge in [0.2, 0.25) is 5.91 Å². The van der Waals surface area contributed by atoms with Crippen molar-refractivity contribution in [1.29, 1.82) is 0 Å². The summed E-state index contributed by atoms with van der Waals surface area (Å²) in [5.41, 5.74) is 5.23. The van der Waals surface area contributed by atoms with Gasteiger partial charge in [-0.15, -0.1) is 0 Å². The van der Waals surface area contributed by atoms with Crippen LogP contribution in [-0.2, 0) is 17.6 Å². The lowest BCUT2D eigenvalue weighted by Gasteiger charge is -2.07. The number of fused-ring (bicyclic) bond motifs is 3. The topological polar surface area (TPSA) is 57.8 Å². The van der Waals surface area contributed by atoms with Crippen LogP contribution < -0.4 is 5.32 Å². The molecule has 1 amide bonds. The van der Waals surface area contributed by atoms with Gasteiger partial charge in [0.05, 0.1) is 11.7 Å². The summed E-state index contributed by atoms with van der Waals surface area (Å²) < 4.78 is 0. The summed E-state index contributed by atoms with van der Waals surface area (Å²) in [6.45, 7) is 2.19. The van der Waals surface area contributed by atoms with Crippen LogP contribution in [0.1, 0.15) is 37.4 Å². The van der Waals surface area contributed by atoms with Crippen LogP contribution in [0.25, 0.3) is 21.8 Å². The fraction of sp³-hybridized carbons (Fsp3) is 0.250. The quantitative estimate of drug-likeness (QED) is 0.442. The zero-order valence-electron chi connectivity index (χ0n) is 16.2. The van der Waals surface area contributed by atoms with Gasteiger partial charge in [0, 0.05) is 34.1 Å². The molecular formula is C24H25N3O. The number of aromatic nitrogens is 2. The fourth-order valence-corrected chi connectivity index (χ4v) is 3.53. The molecule has 0 radical (unpaired) electrons. The van der Waals surface area contributed by atoms with Gasteiger partial charge < -0.3 is 10.3 Å². The summed E-state index contributed by atoms with van der Waals surface area (Å²) in [7, 11) is 0. The van der Waals surface area contributed by atoms with Gasteiger partial charge in [0.15, 0.2) is 0 Å². The van der Waals surface area contributed by atoms with Crippen molar-refractivity contribution in [2.45, 2.75) is 39.0 Å². The predicted octanol–water partition coefficient (Wildman–Crippen LogP) is 5.63. The van der Waals surface area contributed by atoms with Crippen LogP contribution >= 0.6 is 0 Å². The minimum Gasteiger partial charge on any atom is -0.353 e. The van der Waals surface area contributed by atoms with Gasteiger partial charge in [-0.2, -0.15) is 0 Å². The first-order chi connectivity index (χ1) is 13.7. The van der Waals surface area contributed by atoms with E-state index in [-0.39, 0.29) is 5.91 Å². The lowest BCUT2D eigenvalue weighted by molar-refractivity contribution is -0.116. The summed E-state index contributed by atoms with van der Waals surface area (Å²) in [4.78, 5) is 20.2. The van der Waals surface area contributed by atoms with E-state index in [1.54, 1.807) is 0 Å². The van der Waals surface area contributed by atoms with Gasteiger partial charge in [0.25, 0.3) is 0 Å². The lowest BCUT2D eigenvalue weighted by Crippen LogP contribution is -2.12. The molecule has 0 spiro atoms.